The molecule has 0 saturated carbocycles. The summed E-state index contributed by atoms with van der Waals surface area (Å²) in [5.41, 5.74) is 1.58. The summed E-state index contributed by atoms with van der Waals surface area (Å²) in [6.45, 7) is 3.84. The number of rotatable bonds is 5. The highest BCUT2D eigenvalue weighted by molar-refractivity contribution is 7.11. The van der Waals surface area contributed by atoms with Crippen LogP contribution in [0.1, 0.15) is 27.7 Å². The van der Waals surface area contributed by atoms with Crippen molar-refractivity contribution in [3.05, 3.63) is 51.4 Å². The van der Waals surface area contributed by atoms with Gasteiger partial charge in [-0.15, -0.1) is 11.3 Å². The summed E-state index contributed by atoms with van der Waals surface area (Å²) in [4.78, 5) is 24.7. The Hall–Kier alpha value is -2.60. The van der Waals surface area contributed by atoms with Gasteiger partial charge in [-0.05, 0) is 43.0 Å². The number of ketones is 1. The molecule has 2 aromatic rings. The molecule has 0 radical (unpaired) electrons. The molecule has 0 bridgehead atoms. The summed E-state index contributed by atoms with van der Waals surface area (Å²) in [7, 11) is 0. The number of thiophene rings is 1. The van der Waals surface area contributed by atoms with E-state index in [1.165, 1.54) is 0 Å². The van der Waals surface area contributed by atoms with E-state index in [2.05, 4.69) is 0 Å². The number of allylic oxidation sites excluding steroid dienone is 1. The zero-order valence-corrected chi connectivity index (χ0v) is 14.1. The number of benzene rings is 1. The number of hydrogen-bond acceptors (Lipinski definition) is 6. The molecule has 5 nitrogen and oxygen atoms in total. The SMILES string of the molecule is CCOC(=O)COc1ccc2c(c1)O/C(=C\c1sccc1C)C2=O. The highest BCUT2D eigenvalue weighted by Gasteiger charge is 2.28. The van der Waals surface area contributed by atoms with Crippen LogP contribution in [0.2, 0.25) is 0 Å². The third-order valence-corrected chi connectivity index (χ3v) is 4.43. The molecule has 1 aliphatic heterocycles. The fourth-order valence-corrected chi connectivity index (χ4v) is 3.10. The van der Waals surface area contributed by atoms with Crippen molar-refractivity contribution in [2.24, 2.45) is 0 Å². The molecule has 0 unspecified atom stereocenters. The van der Waals surface area contributed by atoms with Crippen molar-refractivity contribution in [1.29, 1.82) is 0 Å². The van der Waals surface area contributed by atoms with Crippen LogP contribution in [0.5, 0.6) is 11.5 Å². The summed E-state index contributed by atoms with van der Waals surface area (Å²) >= 11 is 1.55. The molecule has 1 aromatic heterocycles. The maximum Gasteiger partial charge on any atom is 0.344 e. The van der Waals surface area contributed by atoms with Crippen molar-refractivity contribution < 1.29 is 23.8 Å². The molecule has 0 atom stereocenters. The van der Waals surface area contributed by atoms with Gasteiger partial charge in [0, 0.05) is 17.0 Å². The van der Waals surface area contributed by atoms with Gasteiger partial charge in [0.25, 0.3) is 0 Å². The van der Waals surface area contributed by atoms with Crippen LogP contribution in [0.25, 0.3) is 6.08 Å². The van der Waals surface area contributed by atoms with Crippen LogP contribution in [-0.4, -0.2) is 25.0 Å². The lowest BCUT2D eigenvalue weighted by Crippen LogP contribution is -2.14. The first kappa shape index (κ1) is 16.3. The summed E-state index contributed by atoms with van der Waals surface area (Å²) in [6.07, 6.45) is 1.75. The van der Waals surface area contributed by atoms with Crippen molar-refractivity contribution in [3.8, 4) is 11.5 Å². The second kappa shape index (κ2) is 6.88. The number of fused-ring (bicyclic) bond motifs is 1. The molecule has 0 amide bonds. The van der Waals surface area contributed by atoms with E-state index in [0.29, 0.717) is 23.7 Å². The van der Waals surface area contributed by atoms with Gasteiger partial charge in [-0.25, -0.2) is 4.79 Å². The average Bonchev–Trinajstić information content (AvgIpc) is 3.10. The van der Waals surface area contributed by atoms with E-state index >= 15 is 0 Å². The zero-order valence-electron chi connectivity index (χ0n) is 13.3. The smallest absolute Gasteiger partial charge is 0.344 e. The van der Waals surface area contributed by atoms with Crippen molar-refractivity contribution >= 4 is 29.2 Å². The molecule has 2 heterocycles. The molecular weight excluding hydrogens is 328 g/mol. The fourth-order valence-electron chi connectivity index (χ4n) is 2.25. The Morgan fingerprint density at radius 1 is 1.33 bits per heavy atom. The van der Waals surface area contributed by atoms with E-state index < -0.39 is 5.97 Å². The van der Waals surface area contributed by atoms with Crippen LogP contribution in [0.15, 0.2) is 35.4 Å². The predicted octanol–water partition coefficient (Wildman–Crippen LogP) is 3.61. The minimum Gasteiger partial charge on any atom is -0.482 e. The molecule has 3 rings (SSSR count). The maximum atomic E-state index is 12.4. The highest BCUT2D eigenvalue weighted by Crippen LogP contribution is 2.35. The summed E-state index contributed by atoms with van der Waals surface area (Å²) in [5.74, 6) is 0.571. The van der Waals surface area contributed by atoms with Crippen LogP contribution >= 0.6 is 11.3 Å². The van der Waals surface area contributed by atoms with Gasteiger partial charge in [0.1, 0.15) is 11.5 Å². The van der Waals surface area contributed by atoms with E-state index in [1.54, 1.807) is 42.5 Å². The molecule has 0 fully saturated rings. The average molecular weight is 344 g/mol. The number of ether oxygens (including phenoxy) is 3. The summed E-state index contributed by atoms with van der Waals surface area (Å²) in [6, 6.07) is 6.87. The van der Waals surface area contributed by atoms with Crippen LogP contribution in [0, 0.1) is 6.92 Å². The lowest BCUT2D eigenvalue weighted by atomic mass is 10.1. The number of carbonyl (C=O) groups excluding carboxylic acids is 2. The van der Waals surface area contributed by atoms with Gasteiger partial charge in [-0.1, -0.05) is 0 Å². The Labute approximate surface area is 143 Å². The van der Waals surface area contributed by atoms with E-state index in [4.69, 9.17) is 14.2 Å². The van der Waals surface area contributed by atoms with E-state index in [1.807, 2.05) is 18.4 Å². The Bertz CT molecular complexity index is 819. The predicted molar refractivity (Wildman–Crippen MR) is 90.6 cm³/mol. The second-order valence-corrected chi connectivity index (χ2v) is 6.11. The first-order chi connectivity index (χ1) is 11.6. The number of aryl methyl sites for hydroxylation is 1. The lowest BCUT2D eigenvalue weighted by molar-refractivity contribution is -0.145. The van der Waals surface area contributed by atoms with Crippen LogP contribution < -0.4 is 9.47 Å². The number of esters is 1. The van der Waals surface area contributed by atoms with Crippen molar-refractivity contribution in [2.75, 3.05) is 13.2 Å². The van der Waals surface area contributed by atoms with Crippen molar-refractivity contribution in [2.45, 2.75) is 13.8 Å². The quantitative estimate of drug-likeness (QED) is 0.612. The van der Waals surface area contributed by atoms with Crippen LogP contribution in [0.4, 0.5) is 0 Å². The standard InChI is InChI=1S/C18H16O5S/c1-3-21-17(19)10-22-12-4-5-13-14(8-12)23-15(18(13)20)9-16-11(2)6-7-24-16/h4-9H,3,10H2,1-2H3/b15-9-. The molecule has 0 aliphatic carbocycles. The van der Waals surface area contributed by atoms with Gasteiger partial charge in [0.2, 0.25) is 5.78 Å². The van der Waals surface area contributed by atoms with Gasteiger partial charge < -0.3 is 14.2 Å². The lowest BCUT2D eigenvalue weighted by Gasteiger charge is -2.06. The molecule has 1 aliphatic rings. The molecule has 6 heteroatoms. The van der Waals surface area contributed by atoms with Gasteiger partial charge in [-0.3, -0.25) is 4.79 Å². The van der Waals surface area contributed by atoms with Gasteiger partial charge in [0.15, 0.2) is 12.4 Å². The minimum atomic E-state index is -0.441. The monoisotopic (exact) mass is 344 g/mol. The third-order valence-electron chi connectivity index (χ3n) is 3.47. The highest BCUT2D eigenvalue weighted by atomic mass is 32.1. The Morgan fingerprint density at radius 2 is 2.17 bits per heavy atom. The molecule has 124 valence electrons. The number of Topliss-reactive ketones (excluding diaryl/α,β-unsaturated/α-hetero) is 1. The van der Waals surface area contributed by atoms with Gasteiger partial charge in [-0.2, -0.15) is 0 Å². The molecule has 0 spiro atoms. The number of carbonyl (C=O) groups is 2. The first-order valence-electron chi connectivity index (χ1n) is 7.49. The molecule has 1 aromatic carbocycles. The fraction of sp³-hybridized carbons (Fsp3) is 0.222. The normalized spacial score (nSPS) is 14.4. The van der Waals surface area contributed by atoms with Gasteiger partial charge >= 0.3 is 5.97 Å². The van der Waals surface area contributed by atoms with Gasteiger partial charge in [0.05, 0.1) is 12.2 Å². The van der Waals surface area contributed by atoms with Crippen LogP contribution in [0.3, 0.4) is 0 Å². The maximum absolute atomic E-state index is 12.4. The molecule has 0 N–H and O–H groups in total. The summed E-state index contributed by atoms with van der Waals surface area (Å²) in [5, 5.41) is 1.97. The topological polar surface area (TPSA) is 61.8 Å². The minimum absolute atomic E-state index is 0.158. The summed E-state index contributed by atoms with van der Waals surface area (Å²) < 4.78 is 15.8. The van der Waals surface area contributed by atoms with Crippen LogP contribution in [-0.2, 0) is 9.53 Å². The van der Waals surface area contributed by atoms with Crippen molar-refractivity contribution in [1.82, 2.24) is 0 Å². The van der Waals surface area contributed by atoms with E-state index in [9.17, 15) is 9.59 Å². The Kier molecular flexibility index (Phi) is 4.66. The van der Waals surface area contributed by atoms with E-state index in [-0.39, 0.29) is 18.1 Å². The molecule has 0 saturated heterocycles. The second-order valence-electron chi connectivity index (χ2n) is 5.16. The number of hydrogen-bond donors (Lipinski definition) is 0. The first-order valence-corrected chi connectivity index (χ1v) is 8.37. The largest absolute Gasteiger partial charge is 0.482 e. The molecular formula is C18H16O5S. The van der Waals surface area contributed by atoms with E-state index in [0.717, 1.165) is 10.4 Å². The molecule has 24 heavy (non-hydrogen) atoms. The Morgan fingerprint density at radius 3 is 2.88 bits per heavy atom. The Balaban J connectivity index is 1.76. The van der Waals surface area contributed by atoms with Crippen molar-refractivity contribution in [3.63, 3.8) is 0 Å². The zero-order chi connectivity index (χ0) is 17.1. The third kappa shape index (κ3) is 3.33.